The first-order valence-electron chi connectivity index (χ1n) is 7.40. The minimum absolute atomic E-state index is 0.176. The molecule has 23 heavy (non-hydrogen) atoms. The number of ketones is 1. The van der Waals surface area contributed by atoms with Crippen LogP contribution in [0.1, 0.15) is 22.3 Å². The summed E-state index contributed by atoms with van der Waals surface area (Å²) >= 11 is 0. The van der Waals surface area contributed by atoms with Crippen LogP contribution in [0, 0.1) is 0 Å². The monoisotopic (exact) mass is 307 g/mol. The number of amides is 1. The molecule has 2 aromatic rings. The van der Waals surface area contributed by atoms with E-state index in [0.29, 0.717) is 16.8 Å². The summed E-state index contributed by atoms with van der Waals surface area (Å²) < 4.78 is 0. The van der Waals surface area contributed by atoms with Crippen LogP contribution in [0.2, 0.25) is 0 Å². The van der Waals surface area contributed by atoms with Crippen molar-refractivity contribution in [2.45, 2.75) is 17.9 Å². The van der Waals surface area contributed by atoms with Crippen molar-refractivity contribution in [3.8, 4) is 0 Å². The fourth-order valence-electron chi connectivity index (χ4n) is 3.13. The van der Waals surface area contributed by atoms with E-state index in [4.69, 9.17) is 0 Å². The molecule has 2 N–H and O–H groups in total. The summed E-state index contributed by atoms with van der Waals surface area (Å²) in [5.41, 5.74) is 0.284. The zero-order valence-corrected chi connectivity index (χ0v) is 12.5. The van der Waals surface area contributed by atoms with Crippen LogP contribution < -0.4 is 5.32 Å². The van der Waals surface area contributed by atoms with Crippen LogP contribution in [0.15, 0.2) is 67.3 Å². The standard InChI is InChI=1S/C19H17NO3/c1-2-12-19(14-10-6-7-11-15(14)20-18(19)23)17(22)16(21)13-8-4-3-5-9-13/h2-11,17,22H,1,12H2,(H,20,23). The Hall–Kier alpha value is -2.72. The predicted octanol–water partition coefficient (Wildman–Crippen LogP) is 2.70. The fraction of sp³-hybridized carbons (Fsp3) is 0.158. The molecule has 0 fully saturated rings. The van der Waals surface area contributed by atoms with Crippen LogP contribution in [0.4, 0.5) is 5.69 Å². The first kappa shape index (κ1) is 15.2. The second-order valence-electron chi connectivity index (χ2n) is 5.60. The minimum atomic E-state index is -1.48. The quantitative estimate of drug-likeness (QED) is 0.659. The number of carbonyl (C=O) groups excluding carboxylic acids is 2. The average Bonchev–Trinajstić information content (AvgIpc) is 2.87. The van der Waals surface area contributed by atoms with Crippen molar-refractivity contribution in [1.29, 1.82) is 0 Å². The molecule has 1 heterocycles. The number of nitrogens with one attached hydrogen (secondary N) is 1. The van der Waals surface area contributed by atoms with Gasteiger partial charge in [0.15, 0.2) is 5.78 Å². The Labute approximate surface area is 134 Å². The summed E-state index contributed by atoms with van der Waals surface area (Å²) in [6.07, 6.45) is 0.255. The molecule has 4 heteroatoms. The first-order valence-corrected chi connectivity index (χ1v) is 7.40. The molecule has 0 aliphatic carbocycles. The number of aliphatic hydroxyl groups excluding tert-OH is 1. The number of hydrogen-bond donors (Lipinski definition) is 2. The van der Waals surface area contributed by atoms with Crippen molar-refractivity contribution < 1.29 is 14.7 Å². The van der Waals surface area contributed by atoms with E-state index in [1.54, 1.807) is 60.7 Å². The van der Waals surface area contributed by atoms with Crippen molar-refractivity contribution in [2.75, 3.05) is 5.32 Å². The molecule has 116 valence electrons. The number of carbonyl (C=O) groups is 2. The average molecular weight is 307 g/mol. The van der Waals surface area contributed by atoms with Gasteiger partial charge in [0.2, 0.25) is 5.91 Å². The molecule has 1 amide bonds. The topological polar surface area (TPSA) is 66.4 Å². The minimum Gasteiger partial charge on any atom is -0.383 e. The van der Waals surface area contributed by atoms with E-state index in [1.165, 1.54) is 0 Å². The van der Waals surface area contributed by atoms with Crippen LogP contribution in [-0.2, 0) is 10.2 Å². The van der Waals surface area contributed by atoms with Gasteiger partial charge in [-0.15, -0.1) is 6.58 Å². The Morgan fingerprint density at radius 1 is 1.17 bits per heavy atom. The number of allylic oxidation sites excluding steroid dienone is 1. The highest BCUT2D eigenvalue weighted by Gasteiger charge is 2.53. The maximum absolute atomic E-state index is 12.7. The molecule has 0 radical (unpaired) electrons. The largest absolute Gasteiger partial charge is 0.383 e. The van der Waals surface area contributed by atoms with E-state index in [-0.39, 0.29) is 12.3 Å². The van der Waals surface area contributed by atoms with E-state index in [1.807, 2.05) is 0 Å². The van der Waals surface area contributed by atoms with Gasteiger partial charge in [0.25, 0.3) is 0 Å². The van der Waals surface area contributed by atoms with E-state index >= 15 is 0 Å². The first-order chi connectivity index (χ1) is 11.1. The lowest BCUT2D eigenvalue weighted by Gasteiger charge is -2.30. The number of hydrogen-bond acceptors (Lipinski definition) is 3. The van der Waals surface area contributed by atoms with Gasteiger partial charge in [-0.05, 0) is 18.1 Å². The molecule has 3 rings (SSSR count). The van der Waals surface area contributed by atoms with Crippen molar-refractivity contribution in [3.63, 3.8) is 0 Å². The van der Waals surface area contributed by atoms with Crippen LogP contribution in [0.25, 0.3) is 0 Å². The molecular formula is C19H17NO3. The maximum atomic E-state index is 12.7. The van der Waals surface area contributed by atoms with Crippen molar-refractivity contribution in [2.24, 2.45) is 0 Å². The normalized spacial score (nSPS) is 20.5. The van der Waals surface area contributed by atoms with Gasteiger partial charge in [-0.1, -0.05) is 54.6 Å². The fourth-order valence-corrected chi connectivity index (χ4v) is 3.13. The highest BCUT2D eigenvalue weighted by molar-refractivity contribution is 6.12. The number of rotatable bonds is 5. The highest BCUT2D eigenvalue weighted by Crippen LogP contribution is 2.43. The molecule has 0 saturated carbocycles. The summed E-state index contributed by atoms with van der Waals surface area (Å²) in [4.78, 5) is 25.4. The zero-order valence-electron chi connectivity index (χ0n) is 12.5. The number of anilines is 1. The Morgan fingerprint density at radius 3 is 2.52 bits per heavy atom. The smallest absolute Gasteiger partial charge is 0.238 e. The van der Waals surface area contributed by atoms with E-state index < -0.39 is 17.3 Å². The third kappa shape index (κ3) is 2.28. The molecule has 0 aromatic heterocycles. The third-order valence-electron chi connectivity index (χ3n) is 4.30. The second kappa shape index (κ2) is 5.82. The summed E-state index contributed by atoms with van der Waals surface area (Å²) in [5, 5.41) is 13.6. The Kier molecular flexibility index (Phi) is 3.84. The predicted molar refractivity (Wildman–Crippen MR) is 88.3 cm³/mol. The summed E-state index contributed by atoms with van der Waals surface area (Å²) in [6, 6.07) is 15.6. The maximum Gasteiger partial charge on any atom is 0.238 e. The molecule has 2 aromatic carbocycles. The van der Waals surface area contributed by atoms with Crippen molar-refractivity contribution in [1.82, 2.24) is 0 Å². The van der Waals surface area contributed by atoms with Gasteiger partial charge in [0, 0.05) is 11.3 Å². The molecule has 0 bridgehead atoms. The number of benzene rings is 2. The molecule has 2 unspecified atom stereocenters. The lowest BCUT2D eigenvalue weighted by molar-refractivity contribution is -0.123. The van der Waals surface area contributed by atoms with E-state index in [0.717, 1.165) is 0 Å². The molecule has 4 nitrogen and oxygen atoms in total. The Bertz CT molecular complexity index is 769. The molecule has 0 spiro atoms. The third-order valence-corrected chi connectivity index (χ3v) is 4.30. The van der Waals surface area contributed by atoms with Crippen LogP contribution in [-0.4, -0.2) is 22.9 Å². The van der Waals surface area contributed by atoms with Crippen molar-refractivity contribution >= 4 is 17.4 Å². The number of fused-ring (bicyclic) bond motifs is 1. The van der Waals surface area contributed by atoms with Crippen LogP contribution in [0.3, 0.4) is 0 Å². The summed E-state index contributed by atoms with van der Waals surface area (Å²) in [7, 11) is 0. The zero-order chi connectivity index (χ0) is 16.4. The highest BCUT2D eigenvalue weighted by atomic mass is 16.3. The van der Waals surface area contributed by atoms with Crippen molar-refractivity contribution in [3.05, 3.63) is 78.4 Å². The van der Waals surface area contributed by atoms with Gasteiger partial charge in [-0.2, -0.15) is 0 Å². The van der Waals surface area contributed by atoms with Crippen LogP contribution in [0.5, 0.6) is 0 Å². The van der Waals surface area contributed by atoms with E-state index in [9.17, 15) is 14.7 Å². The number of Topliss-reactive ketones (excluding diaryl/α,β-unsaturated/α-hetero) is 1. The number of aliphatic hydroxyl groups is 1. The van der Waals surface area contributed by atoms with Gasteiger partial charge in [-0.3, -0.25) is 9.59 Å². The molecule has 0 saturated heterocycles. The van der Waals surface area contributed by atoms with Gasteiger partial charge < -0.3 is 10.4 Å². The lowest BCUT2D eigenvalue weighted by atomic mass is 9.71. The molecular weight excluding hydrogens is 290 g/mol. The summed E-state index contributed by atoms with van der Waals surface area (Å²) in [6.45, 7) is 3.69. The van der Waals surface area contributed by atoms with Crippen LogP contribution >= 0.6 is 0 Å². The lowest BCUT2D eigenvalue weighted by Crippen LogP contribution is -2.49. The Balaban J connectivity index is 2.10. The molecule has 1 aliphatic heterocycles. The summed E-state index contributed by atoms with van der Waals surface area (Å²) in [5.74, 6) is -0.852. The van der Waals surface area contributed by atoms with Gasteiger partial charge >= 0.3 is 0 Å². The molecule has 1 aliphatic rings. The number of para-hydroxylation sites is 1. The van der Waals surface area contributed by atoms with Gasteiger partial charge in [0.05, 0.1) is 0 Å². The second-order valence-corrected chi connectivity index (χ2v) is 5.60. The van der Waals surface area contributed by atoms with E-state index in [2.05, 4.69) is 11.9 Å². The van der Waals surface area contributed by atoms with Gasteiger partial charge in [0.1, 0.15) is 11.5 Å². The Morgan fingerprint density at radius 2 is 1.83 bits per heavy atom. The molecule has 2 atom stereocenters. The SMILES string of the molecule is C=CCC1(C(O)C(=O)c2ccccc2)C(=O)Nc2ccccc21. The van der Waals surface area contributed by atoms with Gasteiger partial charge in [-0.25, -0.2) is 0 Å².